The molecular weight excluding hydrogens is 470 g/mol. The maximum Gasteiger partial charge on any atom is 0.275 e. The molecule has 0 bridgehead atoms. The maximum atomic E-state index is 13.1. The van der Waals surface area contributed by atoms with E-state index in [2.05, 4.69) is 27.9 Å². The van der Waals surface area contributed by atoms with Gasteiger partial charge >= 0.3 is 0 Å². The summed E-state index contributed by atoms with van der Waals surface area (Å²) in [6.07, 6.45) is 2.30. The SMILES string of the molecule is O=C(NNC(=O)c1ccc[n+]([O-])c1)c1ccc(S(=O)(=O)N2CCN(Cc3ccccc3)CC2)cc1. The van der Waals surface area contributed by atoms with Crippen molar-refractivity contribution in [2.45, 2.75) is 11.4 Å². The highest BCUT2D eigenvalue weighted by Gasteiger charge is 2.28. The summed E-state index contributed by atoms with van der Waals surface area (Å²) in [5.41, 5.74) is 5.90. The molecule has 1 aromatic heterocycles. The zero-order chi connectivity index (χ0) is 24.8. The summed E-state index contributed by atoms with van der Waals surface area (Å²) >= 11 is 0. The summed E-state index contributed by atoms with van der Waals surface area (Å²) < 4.78 is 28.0. The van der Waals surface area contributed by atoms with Crippen LogP contribution < -0.4 is 15.6 Å². The van der Waals surface area contributed by atoms with Crippen molar-refractivity contribution in [2.24, 2.45) is 0 Å². The summed E-state index contributed by atoms with van der Waals surface area (Å²) in [6, 6.07) is 18.4. The topological polar surface area (TPSA) is 126 Å². The van der Waals surface area contributed by atoms with Crippen molar-refractivity contribution in [3.05, 3.63) is 101 Å². The molecule has 1 aliphatic heterocycles. The quantitative estimate of drug-likeness (QED) is 0.297. The minimum absolute atomic E-state index is 0.0770. The molecule has 2 N–H and O–H groups in total. The van der Waals surface area contributed by atoms with Crippen molar-refractivity contribution in [3.8, 4) is 0 Å². The van der Waals surface area contributed by atoms with E-state index in [0.29, 0.717) is 30.9 Å². The number of hydrazine groups is 1. The Bertz CT molecular complexity index is 1290. The summed E-state index contributed by atoms with van der Waals surface area (Å²) in [5, 5.41) is 11.3. The zero-order valence-corrected chi connectivity index (χ0v) is 19.6. The first-order valence-electron chi connectivity index (χ1n) is 11.0. The van der Waals surface area contributed by atoms with Gasteiger partial charge in [0.25, 0.3) is 11.8 Å². The molecule has 2 heterocycles. The van der Waals surface area contributed by atoms with Gasteiger partial charge in [-0.25, -0.2) is 8.42 Å². The fourth-order valence-corrected chi connectivity index (χ4v) is 5.17. The lowest BCUT2D eigenvalue weighted by molar-refractivity contribution is -0.605. The fraction of sp³-hybridized carbons (Fsp3) is 0.208. The number of nitrogens with one attached hydrogen (secondary N) is 2. The van der Waals surface area contributed by atoms with E-state index >= 15 is 0 Å². The van der Waals surface area contributed by atoms with E-state index in [4.69, 9.17) is 0 Å². The van der Waals surface area contributed by atoms with Gasteiger partial charge in [0.05, 0.1) is 4.90 Å². The van der Waals surface area contributed by atoms with E-state index in [-0.39, 0.29) is 16.0 Å². The third-order valence-electron chi connectivity index (χ3n) is 5.66. The van der Waals surface area contributed by atoms with E-state index in [1.54, 1.807) is 0 Å². The predicted octanol–water partition coefficient (Wildman–Crippen LogP) is 0.901. The van der Waals surface area contributed by atoms with Crippen molar-refractivity contribution < 1.29 is 22.7 Å². The molecule has 0 atom stereocenters. The molecule has 2 aromatic carbocycles. The number of pyridine rings is 1. The number of nitrogens with zero attached hydrogens (tertiary/aromatic N) is 3. The van der Waals surface area contributed by atoms with Crippen LogP contribution in [0.25, 0.3) is 0 Å². The van der Waals surface area contributed by atoms with Gasteiger partial charge in [-0.15, -0.1) is 0 Å². The van der Waals surface area contributed by atoms with Crippen molar-refractivity contribution >= 4 is 21.8 Å². The Hall–Kier alpha value is -3.80. The van der Waals surface area contributed by atoms with Gasteiger partial charge in [0.15, 0.2) is 12.4 Å². The fourth-order valence-electron chi connectivity index (χ4n) is 3.74. The van der Waals surface area contributed by atoms with E-state index in [1.165, 1.54) is 52.5 Å². The number of benzene rings is 2. The minimum atomic E-state index is -3.69. The Labute approximate surface area is 203 Å². The Morgan fingerprint density at radius 3 is 2.09 bits per heavy atom. The predicted molar refractivity (Wildman–Crippen MR) is 127 cm³/mol. The van der Waals surface area contributed by atoms with Crippen LogP contribution in [0.5, 0.6) is 0 Å². The van der Waals surface area contributed by atoms with Crippen molar-refractivity contribution in [1.82, 2.24) is 20.1 Å². The van der Waals surface area contributed by atoms with Crippen LogP contribution >= 0.6 is 0 Å². The molecule has 0 spiro atoms. The molecule has 0 radical (unpaired) electrons. The molecule has 0 aliphatic carbocycles. The zero-order valence-electron chi connectivity index (χ0n) is 18.8. The van der Waals surface area contributed by atoms with Gasteiger partial charge in [-0.3, -0.25) is 25.3 Å². The van der Waals surface area contributed by atoms with Crippen molar-refractivity contribution in [3.63, 3.8) is 0 Å². The number of aromatic nitrogens is 1. The standard InChI is InChI=1S/C24H25N5O5S/c30-23(25-26-24(31)21-7-4-12-28(32)18-21)20-8-10-22(11-9-20)35(33,34)29-15-13-27(14-16-29)17-19-5-2-1-3-6-19/h1-12,18H,13-17H2,(H,25,30)(H,26,31). The number of piperazine rings is 1. The van der Waals surface area contributed by atoms with E-state index < -0.39 is 21.8 Å². The highest BCUT2D eigenvalue weighted by atomic mass is 32.2. The number of amides is 2. The van der Waals surface area contributed by atoms with Crippen LogP contribution in [0.3, 0.4) is 0 Å². The first-order chi connectivity index (χ1) is 16.8. The molecule has 1 aliphatic rings. The molecule has 11 heteroatoms. The van der Waals surface area contributed by atoms with Gasteiger partial charge in [-0.1, -0.05) is 30.3 Å². The lowest BCUT2D eigenvalue weighted by atomic mass is 10.2. The molecule has 1 fully saturated rings. The molecule has 3 aromatic rings. The molecule has 0 saturated carbocycles. The lowest BCUT2D eigenvalue weighted by Crippen LogP contribution is -2.48. The van der Waals surface area contributed by atoms with Crippen LogP contribution in [0, 0.1) is 5.21 Å². The lowest BCUT2D eigenvalue weighted by Gasteiger charge is -2.34. The van der Waals surface area contributed by atoms with Crippen LogP contribution in [0.4, 0.5) is 0 Å². The Kier molecular flexibility index (Phi) is 7.39. The van der Waals surface area contributed by atoms with Crippen LogP contribution in [0.2, 0.25) is 0 Å². The molecule has 1 saturated heterocycles. The van der Waals surface area contributed by atoms with Crippen molar-refractivity contribution in [2.75, 3.05) is 26.2 Å². The number of sulfonamides is 1. The average molecular weight is 496 g/mol. The highest BCUT2D eigenvalue weighted by molar-refractivity contribution is 7.89. The Morgan fingerprint density at radius 1 is 0.829 bits per heavy atom. The molecule has 10 nitrogen and oxygen atoms in total. The van der Waals surface area contributed by atoms with Gasteiger partial charge in [-0.05, 0) is 35.9 Å². The van der Waals surface area contributed by atoms with Gasteiger partial charge in [0.2, 0.25) is 10.0 Å². The van der Waals surface area contributed by atoms with Gasteiger partial charge in [-0.2, -0.15) is 9.04 Å². The van der Waals surface area contributed by atoms with Crippen LogP contribution in [-0.4, -0.2) is 55.6 Å². The minimum Gasteiger partial charge on any atom is -0.619 e. The second kappa shape index (κ2) is 10.6. The largest absolute Gasteiger partial charge is 0.619 e. The molecule has 2 amide bonds. The van der Waals surface area contributed by atoms with Gasteiger partial charge < -0.3 is 5.21 Å². The molecule has 182 valence electrons. The summed E-state index contributed by atoms with van der Waals surface area (Å²) in [4.78, 5) is 26.7. The summed E-state index contributed by atoms with van der Waals surface area (Å²) in [5.74, 6) is -1.28. The number of rotatable bonds is 6. The second-order valence-corrected chi connectivity index (χ2v) is 9.99. The average Bonchev–Trinajstić information content (AvgIpc) is 2.88. The Morgan fingerprint density at radius 2 is 1.46 bits per heavy atom. The number of carbonyl (C=O) groups excluding carboxylic acids is 2. The number of hydrogen-bond acceptors (Lipinski definition) is 6. The van der Waals surface area contributed by atoms with E-state index in [0.717, 1.165) is 12.7 Å². The van der Waals surface area contributed by atoms with Crippen LogP contribution in [0.1, 0.15) is 26.3 Å². The number of hydrogen-bond donors (Lipinski definition) is 2. The first kappa shape index (κ1) is 24.3. The molecule has 0 unspecified atom stereocenters. The number of carbonyl (C=O) groups is 2. The third kappa shape index (κ3) is 6.01. The third-order valence-corrected chi connectivity index (χ3v) is 7.57. The Balaban J connectivity index is 1.32. The first-order valence-corrected chi connectivity index (χ1v) is 12.4. The monoisotopic (exact) mass is 495 g/mol. The van der Waals surface area contributed by atoms with E-state index in [1.807, 2.05) is 18.2 Å². The normalized spacial score (nSPS) is 14.9. The smallest absolute Gasteiger partial charge is 0.275 e. The summed E-state index contributed by atoms with van der Waals surface area (Å²) in [6.45, 7) is 2.79. The molecular formula is C24H25N5O5S. The molecule has 35 heavy (non-hydrogen) atoms. The highest BCUT2D eigenvalue weighted by Crippen LogP contribution is 2.19. The molecule has 4 rings (SSSR count). The van der Waals surface area contributed by atoms with E-state index in [9.17, 15) is 23.2 Å². The maximum absolute atomic E-state index is 13.1. The second-order valence-electron chi connectivity index (χ2n) is 8.05. The van der Waals surface area contributed by atoms with Crippen LogP contribution in [-0.2, 0) is 16.6 Å². The van der Waals surface area contributed by atoms with Crippen molar-refractivity contribution in [1.29, 1.82) is 0 Å². The summed E-state index contributed by atoms with van der Waals surface area (Å²) in [7, 11) is -3.69. The van der Waals surface area contributed by atoms with Crippen LogP contribution in [0.15, 0.2) is 84.0 Å². The van der Waals surface area contributed by atoms with Gasteiger partial charge in [0.1, 0.15) is 5.56 Å². The van der Waals surface area contributed by atoms with Gasteiger partial charge in [0, 0.05) is 44.4 Å².